The molecule has 0 radical (unpaired) electrons. The second-order valence-electron chi connectivity index (χ2n) is 4.94. The van der Waals surface area contributed by atoms with Crippen molar-refractivity contribution in [1.82, 2.24) is 4.31 Å². The largest absolute Gasteiger partial charge is 0.480 e. The Morgan fingerprint density at radius 3 is 2.38 bits per heavy atom. The van der Waals surface area contributed by atoms with Crippen molar-refractivity contribution in [1.29, 1.82) is 0 Å². The van der Waals surface area contributed by atoms with Crippen molar-refractivity contribution in [2.75, 3.05) is 12.3 Å². The fourth-order valence-electron chi connectivity index (χ4n) is 2.04. The molecule has 0 amide bonds. The van der Waals surface area contributed by atoms with Crippen LogP contribution in [0.4, 0.5) is 0 Å². The number of hydrogen-bond donors (Lipinski definition) is 1. The van der Waals surface area contributed by atoms with E-state index >= 15 is 0 Å². The van der Waals surface area contributed by atoms with E-state index in [0.29, 0.717) is 13.0 Å². The Bertz CT molecular complexity index is 363. The maximum atomic E-state index is 11.8. The predicted molar refractivity (Wildman–Crippen MR) is 60.5 cm³/mol. The minimum absolute atomic E-state index is 0.0130. The molecule has 0 aliphatic carbocycles. The van der Waals surface area contributed by atoms with E-state index in [0.717, 1.165) is 4.31 Å². The van der Waals surface area contributed by atoms with Gasteiger partial charge in [0.05, 0.1) is 5.75 Å². The maximum Gasteiger partial charge on any atom is 0.322 e. The van der Waals surface area contributed by atoms with Gasteiger partial charge in [-0.1, -0.05) is 20.8 Å². The third-order valence-corrected chi connectivity index (χ3v) is 4.78. The molecule has 1 aliphatic heterocycles. The van der Waals surface area contributed by atoms with Crippen molar-refractivity contribution in [3.8, 4) is 0 Å². The summed E-state index contributed by atoms with van der Waals surface area (Å²) >= 11 is 0. The van der Waals surface area contributed by atoms with E-state index in [4.69, 9.17) is 5.11 Å². The number of carboxylic acids is 1. The number of aliphatic carboxylic acids is 1. The zero-order valence-electron chi connectivity index (χ0n) is 9.88. The number of nitrogens with zero attached hydrogens (tertiary/aromatic N) is 1. The summed E-state index contributed by atoms with van der Waals surface area (Å²) in [4.78, 5) is 11.1. The highest BCUT2D eigenvalue weighted by Gasteiger charge is 2.41. The van der Waals surface area contributed by atoms with Crippen LogP contribution in [0.1, 0.15) is 27.2 Å². The average Bonchev–Trinajstić information content (AvgIpc) is 2.34. The van der Waals surface area contributed by atoms with Gasteiger partial charge in [-0.25, -0.2) is 8.42 Å². The van der Waals surface area contributed by atoms with Crippen LogP contribution >= 0.6 is 0 Å². The van der Waals surface area contributed by atoms with Crippen LogP contribution in [0.3, 0.4) is 0 Å². The molecule has 0 aromatic heterocycles. The molecule has 0 aromatic rings. The van der Waals surface area contributed by atoms with Gasteiger partial charge in [-0.2, -0.15) is 4.31 Å². The SMILES string of the molecule is CC(C)CC(C(=O)O)N1CC(C)CS1(=O)=O. The van der Waals surface area contributed by atoms with Gasteiger partial charge in [-0.05, 0) is 18.3 Å². The van der Waals surface area contributed by atoms with E-state index in [2.05, 4.69) is 0 Å². The minimum Gasteiger partial charge on any atom is -0.480 e. The molecule has 0 saturated carbocycles. The van der Waals surface area contributed by atoms with Crippen LogP contribution in [0.25, 0.3) is 0 Å². The van der Waals surface area contributed by atoms with E-state index in [-0.39, 0.29) is 17.6 Å². The van der Waals surface area contributed by atoms with E-state index in [1.807, 2.05) is 20.8 Å². The summed E-state index contributed by atoms with van der Waals surface area (Å²) in [6.45, 7) is 5.93. The van der Waals surface area contributed by atoms with Gasteiger partial charge < -0.3 is 5.11 Å². The molecule has 1 rings (SSSR count). The molecule has 94 valence electrons. The van der Waals surface area contributed by atoms with Gasteiger partial charge in [0.1, 0.15) is 6.04 Å². The van der Waals surface area contributed by atoms with Crippen LogP contribution in [0, 0.1) is 11.8 Å². The maximum absolute atomic E-state index is 11.8. The Hall–Kier alpha value is -0.620. The molecule has 1 heterocycles. The first kappa shape index (κ1) is 13.4. The Morgan fingerprint density at radius 1 is 1.50 bits per heavy atom. The molecular formula is C10H19NO4S. The molecule has 5 nitrogen and oxygen atoms in total. The molecule has 6 heteroatoms. The monoisotopic (exact) mass is 249 g/mol. The summed E-state index contributed by atoms with van der Waals surface area (Å²) in [7, 11) is -3.37. The normalized spacial score (nSPS) is 27.1. The van der Waals surface area contributed by atoms with Gasteiger partial charge in [0.25, 0.3) is 0 Å². The predicted octanol–water partition coefficient (Wildman–Crippen LogP) is 0.767. The third-order valence-electron chi connectivity index (χ3n) is 2.67. The lowest BCUT2D eigenvalue weighted by Gasteiger charge is -2.24. The molecule has 0 bridgehead atoms. The van der Waals surface area contributed by atoms with Crippen LogP contribution in [0.15, 0.2) is 0 Å². The van der Waals surface area contributed by atoms with Gasteiger partial charge in [-0.3, -0.25) is 4.79 Å². The molecule has 16 heavy (non-hydrogen) atoms. The van der Waals surface area contributed by atoms with Crippen LogP contribution in [0.5, 0.6) is 0 Å². The van der Waals surface area contributed by atoms with E-state index in [1.54, 1.807) is 0 Å². The molecule has 0 aromatic carbocycles. The zero-order valence-corrected chi connectivity index (χ0v) is 10.7. The molecule has 2 unspecified atom stereocenters. The van der Waals surface area contributed by atoms with Gasteiger partial charge in [0, 0.05) is 6.54 Å². The van der Waals surface area contributed by atoms with Crippen LogP contribution in [-0.2, 0) is 14.8 Å². The van der Waals surface area contributed by atoms with Crippen molar-refractivity contribution >= 4 is 16.0 Å². The van der Waals surface area contributed by atoms with Gasteiger partial charge in [0.15, 0.2) is 0 Å². The number of carboxylic acid groups (broad SMARTS) is 1. The molecule has 1 aliphatic rings. The van der Waals surface area contributed by atoms with Crippen molar-refractivity contribution in [2.45, 2.75) is 33.2 Å². The van der Waals surface area contributed by atoms with Crippen LogP contribution in [0.2, 0.25) is 0 Å². The van der Waals surface area contributed by atoms with E-state index in [1.165, 1.54) is 0 Å². The summed E-state index contributed by atoms with van der Waals surface area (Å²) < 4.78 is 24.7. The van der Waals surface area contributed by atoms with Crippen LogP contribution < -0.4 is 0 Å². The Balaban J connectivity index is 2.91. The third kappa shape index (κ3) is 2.95. The first-order valence-electron chi connectivity index (χ1n) is 5.46. The van der Waals surface area contributed by atoms with Crippen molar-refractivity contribution in [2.24, 2.45) is 11.8 Å². The van der Waals surface area contributed by atoms with Crippen LogP contribution in [-0.4, -0.2) is 42.1 Å². The lowest BCUT2D eigenvalue weighted by Crippen LogP contribution is -2.43. The molecule has 2 atom stereocenters. The fraction of sp³-hybridized carbons (Fsp3) is 0.900. The first-order valence-corrected chi connectivity index (χ1v) is 7.07. The molecule has 0 spiro atoms. The second kappa shape index (κ2) is 4.71. The number of rotatable bonds is 4. The van der Waals surface area contributed by atoms with Gasteiger partial charge in [0.2, 0.25) is 10.0 Å². The first-order chi connectivity index (χ1) is 7.24. The quantitative estimate of drug-likeness (QED) is 0.798. The second-order valence-corrected chi connectivity index (χ2v) is 6.90. The standard InChI is InChI=1S/C10H19NO4S/c1-7(2)4-9(10(12)13)11-5-8(3)6-16(11,14)15/h7-9H,4-6H2,1-3H3,(H,12,13). The average molecular weight is 249 g/mol. The number of hydrogen-bond acceptors (Lipinski definition) is 3. The smallest absolute Gasteiger partial charge is 0.322 e. The van der Waals surface area contributed by atoms with Crippen molar-refractivity contribution in [3.63, 3.8) is 0 Å². The molecule has 1 saturated heterocycles. The summed E-state index contributed by atoms with van der Waals surface area (Å²) in [6.07, 6.45) is 0.362. The molecule has 1 fully saturated rings. The van der Waals surface area contributed by atoms with Crippen molar-refractivity contribution in [3.05, 3.63) is 0 Å². The Kier molecular flexibility index (Phi) is 3.96. The Labute approximate surface area is 96.5 Å². The van der Waals surface area contributed by atoms with Gasteiger partial charge in [-0.15, -0.1) is 0 Å². The van der Waals surface area contributed by atoms with E-state index < -0.39 is 22.0 Å². The molecule has 1 N–H and O–H groups in total. The highest BCUT2D eigenvalue weighted by atomic mass is 32.2. The minimum atomic E-state index is -3.37. The topological polar surface area (TPSA) is 74.7 Å². The molecular weight excluding hydrogens is 230 g/mol. The number of carbonyl (C=O) groups is 1. The summed E-state index contributed by atoms with van der Waals surface area (Å²) in [5, 5.41) is 9.09. The lowest BCUT2D eigenvalue weighted by molar-refractivity contribution is -0.142. The van der Waals surface area contributed by atoms with Crippen molar-refractivity contribution < 1.29 is 18.3 Å². The van der Waals surface area contributed by atoms with E-state index in [9.17, 15) is 13.2 Å². The van der Waals surface area contributed by atoms with Gasteiger partial charge >= 0.3 is 5.97 Å². The zero-order chi connectivity index (χ0) is 12.5. The number of sulfonamides is 1. The highest BCUT2D eigenvalue weighted by Crippen LogP contribution is 2.25. The summed E-state index contributed by atoms with van der Waals surface area (Å²) in [5.74, 6) is -0.813. The fourth-order valence-corrected chi connectivity index (χ4v) is 4.10. The highest BCUT2D eigenvalue weighted by molar-refractivity contribution is 7.89. The summed E-state index contributed by atoms with van der Waals surface area (Å²) in [5.41, 5.74) is 0. The summed E-state index contributed by atoms with van der Waals surface area (Å²) in [6, 6.07) is -0.907. The Morgan fingerprint density at radius 2 is 2.06 bits per heavy atom. The lowest BCUT2D eigenvalue weighted by atomic mass is 10.0.